The van der Waals surface area contributed by atoms with Crippen LogP contribution >= 0.6 is 0 Å². The summed E-state index contributed by atoms with van der Waals surface area (Å²) in [5.74, 6) is 2.08. The standard InChI is InChI=1S/C32H52N10/c1-11-33-17-19-35-15-3-23-41(25-21-37-13-1)29-9-7-27-5-6-28-8-10-30(40-32(28)31(27)39-29)42-24-4-16-36-20-18-34-12-2-14-38-22-26-42/h5-10,33-38H,1-4,11-26H2. The summed E-state index contributed by atoms with van der Waals surface area (Å²) in [6.07, 6.45) is 4.47. The van der Waals surface area contributed by atoms with Crippen LogP contribution in [-0.2, 0) is 0 Å². The van der Waals surface area contributed by atoms with Gasteiger partial charge in [-0.1, -0.05) is 12.1 Å². The third kappa shape index (κ3) is 9.45. The predicted octanol–water partition coefficient (Wildman–Crippen LogP) is 1.52. The lowest BCUT2D eigenvalue weighted by atomic mass is 10.1. The fourth-order valence-corrected chi connectivity index (χ4v) is 5.78. The van der Waals surface area contributed by atoms with Crippen LogP contribution in [0.15, 0.2) is 36.4 Å². The SMILES string of the molecule is c1cc2ccc3ccc(N4CCCNCCNCCCNCC4)nc3c2nc1N1CCCNCCNCCCNCC1. The number of pyridine rings is 2. The molecule has 0 unspecified atom stereocenters. The number of anilines is 2. The molecule has 2 aliphatic heterocycles. The summed E-state index contributed by atoms with van der Waals surface area (Å²) < 4.78 is 0. The van der Waals surface area contributed by atoms with Gasteiger partial charge in [0.15, 0.2) is 0 Å². The highest BCUT2D eigenvalue weighted by molar-refractivity contribution is 6.03. The predicted molar refractivity (Wildman–Crippen MR) is 177 cm³/mol. The van der Waals surface area contributed by atoms with E-state index >= 15 is 0 Å². The van der Waals surface area contributed by atoms with E-state index in [0.29, 0.717) is 0 Å². The molecule has 2 aromatic heterocycles. The van der Waals surface area contributed by atoms with Gasteiger partial charge in [-0.05, 0) is 89.2 Å². The van der Waals surface area contributed by atoms with Gasteiger partial charge in [-0.3, -0.25) is 0 Å². The smallest absolute Gasteiger partial charge is 0.129 e. The maximum absolute atomic E-state index is 5.28. The molecule has 10 nitrogen and oxygen atoms in total. The zero-order valence-electron chi connectivity index (χ0n) is 25.4. The van der Waals surface area contributed by atoms with Crippen LogP contribution in [0.5, 0.6) is 0 Å². The summed E-state index contributed by atoms with van der Waals surface area (Å²) in [7, 11) is 0. The number of nitrogens with one attached hydrogen (secondary N) is 6. The van der Waals surface area contributed by atoms with Crippen LogP contribution in [0, 0.1) is 0 Å². The molecule has 42 heavy (non-hydrogen) atoms. The number of benzene rings is 1. The Labute approximate surface area is 251 Å². The monoisotopic (exact) mass is 576 g/mol. The normalized spacial score (nSPS) is 20.7. The number of hydrogen-bond acceptors (Lipinski definition) is 10. The van der Waals surface area contributed by atoms with Crippen LogP contribution in [0.3, 0.4) is 0 Å². The minimum Gasteiger partial charge on any atom is -0.355 e. The summed E-state index contributed by atoms with van der Waals surface area (Å²) in [6, 6.07) is 13.2. The molecule has 0 atom stereocenters. The first-order chi connectivity index (χ1) is 20.9. The number of rotatable bonds is 2. The van der Waals surface area contributed by atoms with E-state index in [1.165, 1.54) is 0 Å². The summed E-state index contributed by atoms with van der Waals surface area (Å²) >= 11 is 0. The van der Waals surface area contributed by atoms with Gasteiger partial charge in [0.1, 0.15) is 11.6 Å². The van der Waals surface area contributed by atoms with Crippen LogP contribution in [0.4, 0.5) is 11.6 Å². The molecule has 6 N–H and O–H groups in total. The Morgan fingerprint density at radius 3 is 1.17 bits per heavy atom. The van der Waals surface area contributed by atoms with E-state index in [0.717, 1.165) is 164 Å². The molecule has 1 aromatic carbocycles. The molecule has 3 aromatic rings. The fraction of sp³-hybridized carbons (Fsp3) is 0.625. The van der Waals surface area contributed by atoms with Crippen LogP contribution in [0.1, 0.15) is 25.7 Å². The van der Waals surface area contributed by atoms with E-state index < -0.39 is 0 Å². The van der Waals surface area contributed by atoms with Crippen LogP contribution in [0.25, 0.3) is 21.8 Å². The van der Waals surface area contributed by atoms with Crippen molar-refractivity contribution < 1.29 is 0 Å². The summed E-state index contributed by atoms with van der Waals surface area (Å²) in [4.78, 5) is 15.4. The van der Waals surface area contributed by atoms with E-state index in [9.17, 15) is 0 Å². The molecule has 10 heteroatoms. The second kappa shape index (κ2) is 17.5. The Balaban J connectivity index is 1.36. The van der Waals surface area contributed by atoms with E-state index in [1.807, 2.05) is 0 Å². The lowest BCUT2D eigenvalue weighted by molar-refractivity contribution is 0.548. The van der Waals surface area contributed by atoms with E-state index in [-0.39, 0.29) is 0 Å². The number of fused-ring (bicyclic) bond motifs is 3. The highest BCUT2D eigenvalue weighted by atomic mass is 15.2. The van der Waals surface area contributed by atoms with Gasteiger partial charge < -0.3 is 41.7 Å². The van der Waals surface area contributed by atoms with Crippen molar-refractivity contribution in [3.8, 4) is 0 Å². The Kier molecular flexibility index (Phi) is 12.9. The van der Waals surface area contributed by atoms with Crippen molar-refractivity contribution in [3.63, 3.8) is 0 Å². The average molecular weight is 577 g/mol. The molecule has 0 spiro atoms. The van der Waals surface area contributed by atoms with Crippen molar-refractivity contribution in [2.24, 2.45) is 0 Å². The second-order valence-corrected chi connectivity index (χ2v) is 11.4. The van der Waals surface area contributed by atoms with Crippen molar-refractivity contribution in [1.82, 2.24) is 41.9 Å². The van der Waals surface area contributed by atoms with E-state index in [4.69, 9.17) is 9.97 Å². The van der Waals surface area contributed by atoms with Gasteiger partial charge in [-0.2, -0.15) is 0 Å². The van der Waals surface area contributed by atoms with Crippen molar-refractivity contribution in [2.75, 3.05) is 115 Å². The molecule has 0 radical (unpaired) electrons. The molecule has 2 fully saturated rings. The molecule has 4 heterocycles. The van der Waals surface area contributed by atoms with Gasteiger partial charge in [0.2, 0.25) is 0 Å². The first-order valence-corrected chi connectivity index (χ1v) is 16.3. The maximum atomic E-state index is 5.28. The Bertz CT molecular complexity index is 1080. The van der Waals surface area contributed by atoms with Crippen LogP contribution < -0.4 is 41.7 Å². The Hall–Kier alpha value is -2.60. The third-order valence-electron chi connectivity index (χ3n) is 8.19. The van der Waals surface area contributed by atoms with Gasteiger partial charge in [0, 0.05) is 76.2 Å². The van der Waals surface area contributed by atoms with Crippen molar-refractivity contribution in [3.05, 3.63) is 36.4 Å². The lowest BCUT2D eigenvalue weighted by Crippen LogP contribution is -2.37. The van der Waals surface area contributed by atoms with Gasteiger partial charge in [-0.25, -0.2) is 9.97 Å². The molecule has 2 saturated heterocycles. The topological polar surface area (TPSA) is 104 Å². The Morgan fingerprint density at radius 2 is 0.738 bits per heavy atom. The molecule has 230 valence electrons. The molecule has 0 saturated carbocycles. The largest absolute Gasteiger partial charge is 0.355 e. The first kappa shape index (κ1) is 30.8. The first-order valence-electron chi connectivity index (χ1n) is 16.3. The second-order valence-electron chi connectivity index (χ2n) is 11.4. The highest BCUT2D eigenvalue weighted by Crippen LogP contribution is 2.27. The quantitative estimate of drug-likeness (QED) is 0.252. The molecule has 0 bridgehead atoms. The summed E-state index contributed by atoms with van der Waals surface area (Å²) in [5.41, 5.74) is 2.00. The number of nitrogens with zero attached hydrogens (tertiary/aromatic N) is 4. The Morgan fingerprint density at radius 1 is 0.381 bits per heavy atom. The highest BCUT2D eigenvalue weighted by Gasteiger charge is 2.14. The zero-order chi connectivity index (χ0) is 28.7. The van der Waals surface area contributed by atoms with Gasteiger partial charge in [0.05, 0.1) is 11.0 Å². The summed E-state index contributed by atoms with van der Waals surface area (Å²) in [5, 5.41) is 23.7. The number of hydrogen-bond donors (Lipinski definition) is 6. The summed E-state index contributed by atoms with van der Waals surface area (Å²) in [6.45, 7) is 16.1. The zero-order valence-corrected chi connectivity index (χ0v) is 25.4. The molecule has 0 amide bonds. The van der Waals surface area contributed by atoms with E-state index in [2.05, 4.69) is 78.1 Å². The van der Waals surface area contributed by atoms with Gasteiger partial charge >= 0.3 is 0 Å². The van der Waals surface area contributed by atoms with Gasteiger partial charge in [0.25, 0.3) is 0 Å². The minimum atomic E-state index is 0.945. The van der Waals surface area contributed by atoms with Crippen molar-refractivity contribution in [1.29, 1.82) is 0 Å². The van der Waals surface area contributed by atoms with E-state index in [1.54, 1.807) is 0 Å². The van der Waals surface area contributed by atoms with Crippen molar-refractivity contribution in [2.45, 2.75) is 25.7 Å². The molecular weight excluding hydrogens is 524 g/mol. The molecule has 0 aliphatic carbocycles. The third-order valence-corrected chi connectivity index (χ3v) is 8.19. The number of aromatic nitrogens is 2. The maximum Gasteiger partial charge on any atom is 0.129 e. The molecule has 2 aliphatic rings. The van der Waals surface area contributed by atoms with Crippen LogP contribution in [0.2, 0.25) is 0 Å². The molecular formula is C32H52N10. The lowest BCUT2D eigenvalue weighted by Gasteiger charge is -2.26. The molecule has 5 rings (SSSR count). The minimum absolute atomic E-state index is 0.945. The average Bonchev–Trinajstić information content (AvgIpc) is 3.02. The fourth-order valence-electron chi connectivity index (χ4n) is 5.78. The van der Waals surface area contributed by atoms with Crippen molar-refractivity contribution >= 4 is 33.4 Å². The van der Waals surface area contributed by atoms with Crippen LogP contribution in [-0.4, -0.2) is 115 Å². The van der Waals surface area contributed by atoms with Gasteiger partial charge in [-0.15, -0.1) is 0 Å².